The van der Waals surface area contributed by atoms with Crippen molar-refractivity contribution in [1.82, 2.24) is 0 Å². The van der Waals surface area contributed by atoms with Gasteiger partial charge in [-0.05, 0) is 36.0 Å². The molecule has 1 fully saturated rings. The SMILES string of the molecule is CC1CC(OC(=O)[C@@H](N)C(C)(C)C)CC(C)(C)C1. The number of hydrogen-bond donors (Lipinski definition) is 1. The maximum atomic E-state index is 12.0. The lowest BCUT2D eigenvalue weighted by atomic mass is 9.71. The summed E-state index contributed by atoms with van der Waals surface area (Å²) < 4.78 is 5.62. The first-order valence-corrected chi connectivity index (χ1v) is 6.97. The lowest BCUT2D eigenvalue weighted by molar-refractivity contribution is -0.157. The molecule has 0 bridgehead atoms. The molecule has 0 radical (unpaired) electrons. The predicted molar refractivity (Wildman–Crippen MR) is 74.1 cm³/mol. The van der Waals surface area contributed by atoms with Crippen LogP contribution in [0.1, 0.15) is 60.8 Å². The molecule has 2 N–H and O–H groups in total. The van der Waals surface area contributed by atoms with Crippen molar-refractivity contribution in [2.45, 2.75) is 73.0 Å². The third kappa shape index (κ3) is 4.27. The van der Waals surface area contributed by atoms with Crippen LogP contribution in [0.4, 0.5) is 0 Å². The van der Waals surface area contributed by atoms with Crippen molar-refractivity contribution < 1.29 is 9.53 Å². The van der Waals surface area contributed by atoms with E-state index in [2.05, 4.69) is 20.8 Å². The van der Waals surface area contributed by atoms with Crippen molar-refractivity contribution in [1.29, 1.82) is 0 Å². The zero-order valence-electron chi connectivity index (χ0n) is 12.7. The van der Waals surface area contributed by atoms with Crippen LogP contribution in [0.2, 0.25) is 0 Å². The fraction of sp³-hybridized carbons (Fsp3) is 0.933. The lowest BCUT2D eigenvalue weighted by Gasteiger charge is -2.39. The molecule has 3 heteroatoms. The molecule has 0 aromatic carbocycles. The number of carbonyl (C=O) groups is 1. The van der Waals surface area contributed by atoms with Gasteiger partial charge in [-0.3, -0.25) is 4.79 Å². The van der Waals surface area contributed by atoms with Crippen molar-refractivity contribution in [3.05, 3.63) is 0 Å². The first-order valence-electron chi connectivity index (χ1n) is 6.97. The third-order valence-electron chi connectivity index (χ3n) is 3.82. The van der Waals surface area contributed by atoms with E-state index in [9.17, 15) is 4.79 Å². The monoisotopic (exact) mass is 255 g/mol. The number of nitrogens with two attached hydrogens (primary N) is 1. The molecule has 0 saturated heterocycles. The summed E-state index contributed by atoms with van der Waals surface area (Å²) in [5.74, 6) is 0.356. The molecule has 0 aliphatic heterocycles. The van der Waals surface area contributed by atoms with E-state index in [0.29, 0.717) is 5.92 Å². The minimum atomic E-state index is -0.544. The molecule has 2 unspecified atom stereocenters. The second-order valence-electron chi connectivity index (χ2n) is 7.82. The summed E-state index contributed by atoms with van der Waals surface area (Å²) in [6, 6.07) is -0.544. The lowest BCUT2D eigenvalue weighted by Crippen LogP contribution is -2.46. The van der Waals surface area contributed by atoms with Gasteiger partial charge in [-0.1, -0.05) is 41.5 Å². The zero-order valence-corrected chi connectivity index (χ0v) is 12.7. The first-order chi connectivity index (χ1) is 8.01. The fourth-order valence-corrected chi connectivity index (χ4v) is 2.94. The Morgan fingerprint density at radius 1 is 1.33 bits per heavy atom. The second kappa shape index (κ2) is 5.20. The Bertz CT molecular complexity index is 304. The molecule has 1 rings (SSSR count). The summed E-state index contributed by atoms with van der Waals surface area (Å²) in [5.41, 5.74) is 5.95. The Hall–Kier alpha value is -0.570. The Morgan fingerprint density at radius 2 is 1.89 bits per heavy atom. The number of esters is 1. The molecular formula is C15H29NO2. The third-order valence-corrected chi connectivity index (χ3v) is 3.82. The Balaban J connectivity index is 2.60. The molecule has 18 heavy (non-hydrogen) atoms. The molecule has 3 nitrogen and oxygen atoms in total. The maximum absolute atomic E-state index is 12.0. The van der Waals surface area contributed by atoms with Gasteiger partial charge in [0, 0.05) is 0 Å². The van der Waals surface area contributed by atoms with Crippen LogP contribution in [0.15, 0.2) is 0 Å². The van der Waals surface area contributed by atoms with Gasteiger partial charge >= 0.3 is 5.97 Å². The molecular weight excluding hydrogens is 226 g/mol. The van der Waals surface area contributed by atoms with Crippen molar-refractivity contribution in [2.75, 3.05) is 0 Å². The Labute approximate surface area is 111 Å². The highest BCUT2D eigenvalue weighted by Crippen LogP contribution is 2.39. The van der Waals surface area contributed by atoms with Gasteiger partial charge < -0.3 is 10.5 Å². The van der Waals surface area contributed by atoms with E-state index in [1.807, 2.05) is 20.8 Å². The minimum Gasteiger partial charge on any atom is -0.461 e. The van der Waals surface area contributed by atoms with E-state index in [0.717, 1.165) is 12.8 Å². The summed E-state index contributed by atoms with van der Waals surface area (Å²) in [5, 5.41) is 0. The van der Waals surface area contributed by atoms with Crippen LogP contribution in [0, 0.1) is 16.7 Å². The molecule has 1 aliphatic rings. The number of ether oxygens (including phenoxy) is 1. The van der Waals surface area contributed by atoms with E-state index in [1.54, 1.807) is 0 Å². The van der Waals surface area contributed by atoms with E-state index in [1.165, 1.54) is 6.42 Å². The molecule has 106 valence electrons. The minimum absolute atomic E-state index is 0.0321. The molecule has 0 aromatic heterocycles. The Morgan fingerprint density at radius 3 is 2.33 bits per heavy atom. The molecule has 3 atom stereocenters. The smallest absolute Gasteiger partial charge is 0.323 e. The summed E-state index contributed by atoms with van der Waals surface area (Å²) in [7, 11) is 0. The highest BCUT2D eigenvalue weighted by atomic mass is 16.5. The summed E-state index contributed by atoms with van der Waals surface area (Å²) >= 11 is 0. The summed E-state index contributed by atoms with van der Waals surface area (Å²) in [4.78, 5) is 12.0. The van der Waals surface area contributed by atoms with Crippen molar-refractivity contribution in [2.24, 2.45) is 22.5 Å². The summed E-state index contributed by atoms with van der Waals surface area (Å²) in [6.07, 6.45) is 3.14. The van der Waals surface area contributed by atoms with Crippen LogP contribution in [0.3, 0.4) is 0 Å². The average molecular weight is 255 g/mol. The topological polar surface area (TPSA) is 52.3 Å². The van der Waals surface area contributed by atoms with Crippen molar-refractivity contribution >= 4 is 5.97 Å². The summed E-state index contributed by atoms with van der Waals surface area (Å²) in [6.45, 7) is 12.6. The van der Waals surface area contributed by atoms with Gasteiger partial charge in [0.25, 0.3) is 0 Å². The highest BCUT2D eigenvalue weighted by molar-refractivity contribution is 5.76. The second-order valence-corrected chi connectivity index (χ2v) is 7.82. The van der Waals surface area contributed by atoms with Crippen LogP contribution in [0.25, 0.3) is 0 Å². The van der Waals surface area contributed by atoms with Gasteiger partial charge in [0.2, 0.25) is 0 Å². The quantitative estimate of drug-likeness (QED) is 0.771. The van der Waals surface area contributed by atoms with Gasteiger partial charge in [0.15, 0.2) is 0 Å². The molecule has 0 heterocycles. The average Bonchev–Trinajstić information content (AvgIpc) is 2.11. The number of carbonyl (C=O) groups excluding carboxylic acids is 1. The van der Waals surface area contributed by atoms with E-state index < -0.39 is 6.04 Å². The van der Waals surface area contributed by atoms with E-state index in [4.69, 9.17) is 10.5 Å². The van der Waals surface area contributed by atoms with Crippen LogP contribution >= 0.6 is 0 Å². The largest absolute Gasteiger partial charge is 0.461 e. The molecule has 1 aliphatic carbocycles. The fourth-order valence-electron chi connectivity index (χ4n) is 2.94. The normalized spacial score (nSPS) is 29.7. The molecule has 0 amide bonds. The predicted octanol–water partition coefficient (Wildman–Crippen LogP) is 3.12. The van der Waals surface area contributed by atoms with Gasteiger partial charge in [-0.2, -0.15) is 0 Å². The van der Waals surface area contributed by atoms with Gasteiger partial charge in [-0.25, -0.2) is 0 Å². The van der Waals surface area contributed by atoms with Gasteiger partial charge in [0.05, 0.1) is 0 Å². The number of hydrogen-bond acceptors (Lipinski definition) is 3. The van der Waals surface area contributed by atoms with Gasteiger partial charge in [0.1, 0.15) is 12.1 Å². The number of rotatable bonds is 2. The molecule has 0 spiro atoms. The van der Waals surface area contributed by atoms with E-state index >= 15 is 0 Å². The van der Waals surface area contributed by atoms with Crippen molar-refractivity contribution in [3.8, 4) is 0 Å². The Kier molecular flexibility index (Phi) is 4.47. The van der Waals surface area contributed by atoms with Crippen LogP contribution < -0.4 is 5.73 Å². The van der Waals surface area contributed by atoms with Gasteiger partial charge in [-0.15, -0.1) is 0 Å². The standard InChI is InChI=1S/C15H29NO2/c1-10-7-11(9-15(5,6)8-10)18-13(17)12(16)14(2,3)4/h10-12H,7-9,16H2,1-6H3/t10?,11?,12-/m1/s1. The van der Waals surface area contributed by atoms with Crippen molar-refractivity contribution in [3.63, 3.8) is 0 Å². The molecule has 1 saturated carbocycles. The highest BCUT2D eigenvalue weighted by Gasteiger charge is 2.36. The van der Waals surface area contributed by atoms with E-state index in [-0.39, 0.29) is 22.9 Å². The molecule has 0 aromatic rings. The van der Waals surface area contributed by atoms with Crippen LogP contribution in [-0.2, 0) is 9.53 Å². The first kappa shape index (κ1) is 15.5. The zero-order chi connectivity index (χ0) is 14.1. The van der Waals surface area contributed by atoms with Crippen LogP contribution in [0.5, 0.6) is 0 Å². The maximum Gasteiger partial charge on any atom is 0.323 e. The van der Waals surface area contributed by atoms with Crippen LogP contribution in [-0.4, -0.2) is 18.1 Å².